The lowest BCUT2D eigenvalue weighted by Crippen LogP contribution is -2.51. The maximum atomic E-state index is 11.9. The van der Waals surface area contributed by atoms with Crippen LogP contribution in [0.15, 0.2) is 18.2 Å². The molecular formula is C13H14Cl2N2O2. The Morgan fingerprint density at radius 3 is 2.79 bits per heavy atom. The van der Waals surface area contributed by atoms with Crippen LogP contribution < -0.4 is 5.32 Å². The van der Waals surface area contributed by atoms with Crippen molar-refractivity contribution in [3.8, 4) is 0 Å². The first-order chi connectivity index (χ1) is 8.99. The number of piperidine rings is 1. The third kappa shape index (κ3) is 3.26. The van der Waals surface area contributed by atoms with Crippen molar-refractivity contribution in [3.63, 3.8) is 0 Å². The minimum absolute atomic E-state index is 0.132. The van der Waals surface area contributed by atoms with Gasteiger partial charge in [-0.05, 0) is 24.1 Å². The van der Waals surface area contributed by atoms with Crippen molar-refractivity contribution in [1.82, 2.24) is 10.2 Å². The number of carbonyl (C=O) groups is 2. The Morgan fingerprint density at radius 1 is 1.37 bits per heavy atom. The van der Waals surface area contributed by atoms with Crippen LogP contribution >= 0.6 is 23.2 Å². The van der Waals surface area contributed by atoms with Crippen LogP contribution in [-0.2, 0) is 16.1 Å². The summed E-state index contributed by atoms with van der Waals surface area (Å²) in [5, 5.41) is 4.27. The zero-order chi connectivity index (χ0) is 14.0. The Labute approximate surface area is 121 Å². The van der Waals surface area contributed by atoms with Crippen molar-refractivity contribution in [2.75, 3.05) is 7.05 Å². The third-order valence-electron chi connectivity index (χ3n) is 3.20. The second-order valence-corrected chi connectivity index (χ2v) is 5.34. The molecule has 1 fully saturated rings. The SMILES string of the molecule is CN1C(=O)CCC(NCc2ccc(Cl)cc2Cl)C1=O. The van der Waals surface area contributed by atoms with E-state index in [1.807, 2.05) is 6.07 Å². The van der Waals surface area contributed by atoms with E-state index in [0.717, 1.165) is 5.56 Å². The van der Waals surface area contributed by atoms with Crippen LogP contribution in [-0.4, -0.2) is 29.8 Å². The van der Waals surface area contributed by atoms with Crippen molar-refractivity contribution in [3.05, 3.63) is 33.8 Å². The van der Waals surface area contributed by atoms with Crippen LogP contribution in [0.4, 0.5) is 0 Å². The van der Waals surface area contributed by atoms with E-state index in [-0.39, 0.29) is 17.9 Å². The Bertz CT molecular complexity index is 519. The van der Waals surface area contributed by atoms with Gasteiger partial charge in [0.05, 0.1) is 6.04 Å². The number of hydrogen-bond acceptors (Lipinski definition) is 3. The highest BCUT2D eigenvalue weighted by molar-refractivity contribution is 6.35. The molecule has 1 aliphatic rings. The predicted octanol–water partition coefficient (Wildman–Crippen LogP) is 2.23. The molecule has 0 aliphatic carbocycles. The van der Waals surface area contributed by atoms with E-state index in [2.05, 4.69) is 5.32 Å². The molecule has 2 rings (SSSR count). The zero-order valence-electron chi connectivity index (χ0n) is 10.5. The average molecular weight is 301 g/mol. The van der Waals surface area contributed by atoms with Crippen molar-refractivity contribution >= 4 is 35.0 Å². The molecule has 1 N–H and O–H groups in total. The van der Waals surface area contributed by atoms with Gasteiger partial charge in [0.2, 0.25) is 11.8 Å². The monoisotopic (exact) mass is 300 g/mol. The summed E-state index contributed by atoms with van der Waals surface area (Å²) >= 11 is 11.9. The van der Waals surface area contributed by atoms with Crippen LogP contribution in [0, 0.1) is 0 Å². The van der Waals surface area contributed by atoms with Crippen molar-refractivity contribution < 1.29 is 9.59 Å². The maximum Gasteiger partial charge on any atom is 0.246 e. The van der Waals surface area contributed by atoms with Gasteiger partial charge in [0, 0.05) is 30.1 Å². The normalized spacial score (nSPS) is 19.9. The van der Waals surface area contributed by atoms with Gasteiger partial charge in [0.15, 0.2) is 0 Å². The minimum atomic E-state index is -0.338. The topological polar surface area (TPSA) is 49.4 Å². The first-order valence-electron chi connectivity index (χ1n) is 5.96. The summed E-state index contributed by atoms with van der Waals surface area (Å²) in [4.78, 5) is 24.4. The Balaban J connectivity index is 1.99. The zero-order valence-corrected chi connectivity index (χ0v) is 12.0. The summed E-state index contributed by atoms with van der Waals surface area (Å²) in [6, 6.07) is 4.90. The summed E-state index contributed by atoms with van der Waals surface area (Å²) in [5.74, 6) is -0.325. The van der Waals surface area contributed by atoms with Crippen LogP contribution in [0.2, 0.25) is 10.0 Å². The maximum absolute atomic E-state index is 11.9. The fourth-order valence-electron chi connectivity index (χ4n) is 2.00. The largest absolute Gasteiger partial charge is 0.302 e. The quantitative estimate of drug-likeness (QED) is 0.871. The third-order valence-corrected chi connectivity index (χ3v) is 3.79. The van der Waals surface area contributed by atoms with Gasteiger partial charge >= 0.3 is 0 Å². The molecule has 0 bridgehead atoms. The van der Waals surface area contributed by atoms with Gasteiger partial charge in [0.1, 0.15) is 0 Å². The number of nitrogens with one attached hydrogen (secondary N) is 1. The fourth-order valence-corrected chi connectivity index (χ4v) is 2.48. The fraction of sp³-hybridized carbons (Fsp3) is 0.385. The van der Waals surface area contributed by atoms with Gasteiger partial charge < -0.3 is 5.32 Å². The molecule has 2 amide bonds. The van der Waals surface area contributed by atoms with Crippen LogP contribution in [0.1, 0.15) is 18.4 Å². The summed E-state index contributed by atoms with van der Waals surface area (Å²) < 4.78 is 0. The van der Waals surface area contributed by atoms with Crippen molar-refractivity contribution in [1.29, 1.82) is 0 Å². The second kappa shape index (κ2) is 5.90. The van der Waals surface area contributed by atoms with E-state index in [9.17, 15) is 9.59 Å². The van der Waals surface area contributed by atoms with Crippen molar-refractivity contribution in [2.45, 2.75) is 25.4 Å². The standard InChI is InChI=1S/C13H14Cl2N2O2/c1-17-12(18)5-4-11(13(17)19)16-7-8-2-3-9(14)6-10(8)15/h2-3,6,11,16H,4-5,7H2,1H3. The van der Waals surface area contributed by atoms with Crippen LogP contribution in [0.5, 0.6) is 0 Å². The lowest BCUT2D eigenvalue weighted by molar-refractivity contribution is -0.148. The average Bonchev–Trinajstić information content (AvgIpc) is 2.37. The number of hydrogen-bond donors (Lipinski definition) is 1. The molecule has 102 valence electrons. The smallest absolute Gasteiger partial charge is 0.246 e. The molecule has 19 heavy (non-hydrogen) atoms. The summed E-state index contributed by atoms with van der Waals surface area (Å²) in [6.07, 6.45) is 0.904. The van der Waals surface area contributed by atoms with Gasteiger partial charge in [-0.15, -0.1) is 0 Å². The Hall–Kier alpha value is -1.10. The molecule has 1 unspecified atom stereocenters. The highest BCUT2D eigenvalue weighted by Crippen LogP contribution is 2.21. The number of nitrogens with zero attached hydrogens (tertiary/aromatic N) is 1. The summed E-state index contributed by atoms with van der Waals surface area (Å²) in [6.45, 7) is 0.467. The van der Waals surface area contributed by atoms with E-state index >= 15 is 0 Å². The van der Waals surface area contributed by atoms with Gasteiger partial charge in [-0.3, -0.25) is 14.5 Å². The van der Waals surface area contributed by atoms with E-state index in [1.165, 1.54) is 11.9 Å². The molecule has 1 aliphatic heterocycles. The van der Waals surface area contributed by atoms with E-state index < -0.39 is 0 Å². The summed E-state index contributed by atoms with van der Waals surface area (Å²) in [5.41, 5.74) is 0.874. The Morgan fingerprint density at radius 2 is 2.11 bits per heavy atom. The van der Waals surface area contributed by atoms with Crippen LogP contribution in [0.3, 0.4) is 0 Å². The number of imide groups is 1. The molecule has 1 heterocycles. The molecule has 1 aromatic carbocycles. The molecule has 6 heteroatoms. The van der Waals surface area contributed by atoms with Gasteiger partial charge in [-0.25, -0.2) is 0 Å². The van der Waals surface area contributed by atoms with E-state index in [4.69, 9.17) is 23.2 Å². The number of likely N-dealkylation sites (tertiary alicyclic amines) is 1. The molecule has 1 atom stereocenters. The molecule has 0 spiro atoms. The molecular weight excluding hydrogens is 287 g/mol. The lowest BCUT2D eigenvalue weighted by atomic mass is 10.0. The number of carbonyl (C=O) groups excluding carboxylic acids is 2. The minimum Gasteiger partial charge on any atom is -0.302 e. The van der Waals surface area contributed by atoms with Gasteiger partial charge in [-0.1, -0.05) is 29.3 Å². The van der Waals surface area contributed by atoms with Gasteiger partial charge in [0.25, 0.3) is 0 Å². The van der Waals surface area contributed by atoms with E-state index in [0.29, 0.717) is 29.4 Å². The molecule has 1 aromatic rings. The number of amides is 2. The highest BCUT2D eigenvalue weighted by atomic mass is 35.5. The van der Waals surface area contributed by atoms with Crippen molar-refractivity contribution in [2.24, 2.45) is 0 Å². The molecule has 4 nitrogen and oxygen atoms in total. The number of benzene rings is 1. The van der Waals surface area contributed by atoms with E-state index in [1.54, 1.807) is 12.1 Å². The van der Waals surface area contributed by atoms with Crippen LogP contribution in [0.25, 0.3) is 0 Å². The molecule has 0 saturated carbocycles. The summed E-state index contributed by atoms with van der Waals surface area (Å²) in [7, 11) is 1.51. The first-order valence-corrected chi connectivity index (χ1v) is 6.72. The Kier molecular flexibility index (Phi) is 4.45. The molecule has 0 aromatic heterocycles. The predicted molar refractivity (Wildman–Crippen MR) is 74.1 cm³/mol. The second-order valence-electron chi connectivity index (χ2n) is 4.50. The molecule has 1 saturated heterocycles. The number of likely N-dealkylation sites (N-methyl/N-ethyl adjacent to an activating group) is 1. The number of halogens is 2. The van der Waals surface area contributed by atoms with Gasteiger partial charge in [-0.2, -0.15) is 0 Å². The lowest BCUT2D eigenvalue weighted by Gasteiger charge is -2.28. The number of rotatable bonds is 3. The molecule has 0 radical (unpaired) electrons. The highest BCUT2D eigenvalue weighted by Gasteiger charge is 2.31. The first kappa shape index (κ1) is 14.3.